The van der Waals surface area contributed by atoms with E-state index >= 15 is 0 Å². The van der Waals surface area contributed by atoms with Crippen LogP contribution < -0.4 is 15.4 Å². The van der Waals surface area contributed by atoms with Crippen molar-refractivity contribution in [3.05, 3.63) is 18.3 Å². The minimum atomic E-state index is -0.0848. The Bertz CT molecular complexity index is 381. The minimum Gasteiger partial charge on any atom is -0.478 e. The Labute approximate surface area is 113 Å². The summed E-state index contributed by atoms with van der Waals surface area (Å²) in [4.78, 5) is 15.7. The first-order valence-electron chi connectivity index (χ1n) is 6.26. The molecule has 1 aromatic rings. The average Bonchev–Trinajstić information content (AvgIpc) is 2.38. The molecule has 1 heterocycles. The molecule has 0 bridgehead atoms. The molecule has 0 aliphatic rings. The molecule has 0 aromatic carbocycles. The van der Waals surface area contributed by atoms with Crippen molar-refractivity contribution in [1.29, 1.82) is 0 Å². The van der Waals surface area contributed by atoms with Crippen molar-refractivity contribution in [2.45, 2.75) is 19.9 Å². The van der Waals surface area contributed by atoms with Gasteiger partial charge < -0.3 is 20.1 Å². The molecule has 106 valence electrons. The summed E-state index contributed by atoms with van der Waals surface area (Å²) >= 11 is 0. The van der Waals surface area contributed by atoms with Gasteiger partial charge >= 0.3 is 0 Å². The van der Waals surface area contributed by atoms with Crippen molar-refractivity contribution in [2.24, 2.45) is 0 Å². The zero-order valence-electron chi connectivity index (χ0n) is 11.6. The van der Waals surface area contributed by atoms with E-state index in [1.54, 1.807) is 19.4 Å². The Kier molecular flexibility index (Phi) is 6.67. The summed E-state index contributed by atoms with van der Waals surface area (Å²) in [5, 5.41) is 5.80. The number of nitrogens with zero attached hydrogens (tertiary/aromatic N) is 1. The number of ether oxygens (including phenoxy) is 2. The quantitative estimate of drug-likeness (QED) is 0.736. The number of carbonyl (C=O) groups is 1. The van der Waals surface area contributed by atoms with E-state index in [1.807, 2.05) is 19.9 Å². The van der Waals surface area contributed by atoms with Gasteiger partial charge in [0.1, 0.15) is 0 Å². The number of nitrogens with one attached hydrogen (secondary N) is 2. The first-order chi connectivity index (χ1) is 9.15. The summed E-state index contributed by atoms with van der Waals surface area (Å²) in [6.45, 7) is 5.07. The number of anilines is 1. The number of carbonyl (C=O) groups excluding carboxylic acids is 1. The van der Waals surface area contributed by atoms with Crippen LogP contribution in [0.3, 0.4) is 0 Å². The van der Waals surface area contributed by atoms with Gasteiger partial charge in [-0.15, -0.1) is 0 Å². The van der Waals surface area contributed by atoms with Gasteiger partial charge in [0.2, 0.25) is 11.8 Å². The van der Waals surface area contributed by atoms with Gasteiger partial charge in [-0.1, -0.05) is 0 Å². The van der Waals surface area contributed by atoms with Gasteiger partial charge in [-0.05, 0) is 19.9 Å². The average molecular weight is 267 g/mol. The zero-order valence-corrected chi connectivity index (χ0v) is 11.6. The van der Waals surface area contributed by atoms with Crippen LogP contribution >= 0.6 is 0 Å². The van der Waals surface area contributed by atoms with Crippen molar-refractivity contribution in [3.63, 3.8) is 0 Å². The lowest BCUT2D eigenvalue weighted by Gasteiger charge is -2.13. The van der Waals surface area contributed by atoms with E-state index < -0.39 is 0 Å². The van der Waals surface area contributed by atoms with Crippen molar-refractivity contribution < 1.29 is 14.3 Å². The Morgan fingerprint density at radius 2 is 2.26 bits per heavy atom. The fourth-order valence-corrected chi connectivity index (χ4v) is 1.52. The molecule has 1 amide bonds. The standard InChI is InChI=1S/C13H21N3O3/c1-4-19-13-6-5-11(7-15-13)14-8-12(17)16-10(2)9-18-3/h5-7,10,14H,4,8-9H2,1-3H3,(H,16,17). The van der Waals surface area contributed by atoms with E-state index in [-0.39, 0.29) is 18.5 Å². The molecular formula is C13H21N3O3. The molecule has 6 nitrogen and oxygen atoms in total. The van der Waals surface area contributed by atoms with E-state index in [0.717, 1.165) is 5.69 Å². The zero-order chi connectivity index (χ0) is 14.1. The van der Waals surface area contributed by atoms with E-state index in [1.165, 1.54) is 0 Å². The minimum absolute atomic E-state index is 0.00208. The molecule has 6 heteroatoms. The molecule has 0 fully saturated rings. The number of methoxy groups -OCH3 is 1. The van der Waals surface area contributed by atoms with Crippen molar-refractivity contribution >= 4 is 11.6 Å². The van der Waals surface area contributed by atoms with Crippen LogP contribution in [0.5, 0.6) is 5.88 Å². The normalized spacial score (nSPS) is 11.7. The second-order valence-electron chi connectivity index (χ2n) is 4.10. The summed E-state index contributed by atoms with van der Waals surface area (Å²) in [5.74, 6) is 0.490. The Balaban J connectivity index is 2.33. The molecule has 0 radical (unpaired) electrons. The van der Waals surface area contributed by atoms with E-state index in [0.29, 0.717) is 19.1 Å². The lowest BCUT2D eigenvalue weighted by atomic mass is 10.3. The lowest BCUT2D eigenvalue weighted by Crippen LogP contribution is -2.39. The number of hydrogen-bond donors (Lipinski definition) is 2. The Morgan fingerprint density at radius 3 is 2.84 bits per heavy atom. The molecule has 0 aliphatic heterocycles. The van der Waals surface area contributed by atoms with Crippen LogP contribution in [0.1, 0.15) is 13.8 Å². The smallest absolute Gasteiger partial charge is 0.239 e. The number of pyridine rings is 1. The van der Waals surface area contributed by atoms with Crippen molar-refractivity contribution in [2.75, 3.05) is 32.2 Å². The second-order valence-corrected chi connectivity index (χ2v) is 4.10. The van der Waals surface area contributed by atoms with Crippen LogP contribution in [0.2, 0.25) is 0 Å². The van der Waals surface area contributed by atoms with E-state index in [4.69, 9.17) is 9.47 Å². The largest absolute Gasteiger partial charge is 0.478 e. The predicted molar refractivity (Wildman–Crippen MR) is 73.4 cm³/mol. The molecule has 19 heavy (non-hydrogen) atoms. The lowest BCUT2D eigenvalue weighted by molar-refractivity contribution is -0.120. The van der Waals surface area contributed by atoms with Crippen molar-refractivity contribution in [1.82, 2.24) is 10.3 Å². The summed E-state index contributed by atoms with van der Waals surface area (Å²) < 4.78 is 10.2. The highest BCUT2D eigenvalue weighted by Crippen LogP contribution is 2.10. The number of rotatable bonds is 8. The molecule has 1 aromatic heterocycles. The maximum atomic E-state index is 11.6. The predicted octanol–water partition coefficient (Wildman–Crippen LogP) is 1.04. The molecular weight excluding hydrogens is 246 g/mol. The number of hydrogen-bond acceptors (Lipinski definition) is 5. The third-order valence-electron chi connectivity index (χ3n) is 2.31. The second kappa shape index (κ2) is 8.31. The van der Waals surface area contributed by atoms with Gasteiger partial charge in [0, 0.05) is 19.2 Å². The molecule has 1 atom stereocenters. The first-order valence-corrected chi connectivity index (χ1v) is 6.26. The number of amides is 1. The van der Waals surface area contributed by atoms with Gasteiger partial charge in [0.25, 0.3) is 0 Å². The highest BCUT2D eigenvalue weighted by molar-refractivity contribution is 5.80. The van der Waals surface area contributed by atoms with Crippen LogP contribution in [-0.4, -0.2) is 43.8 Å². The number of aromatic nitrogens is 1. The maximum Gasteiger partial charge on any atom is 0.239 e. The molecule has 0 saturated carbocycles. The molecule has 1 rings (SSSR count). The first kappa shape index (κ1) is 15.2. The van der Waals surface area contributed by atoms with Gasteiger partial charge in [-0.2, -0.15) is 0 Å². The summed E-state index contributed by atoms with van der Waals surface area (Å²) in [7, 11) is 1.60. The van der Waals surface area contributed by atoms with Crippen LogP contribution in [0.25, 0.3) is 0 Å². The monoisotopic (exact) mass is 267 g/mol. The van der Waals surface area contributed by atoms with Crippen LogP contribution in [0.4, 0.5) is 5.69 Å². The third-order valence-corrected chi connectivity index (χ3v) is 2.31. The van der Waals surface area contributed by atoms with Gasteiger partial charge in [0.15, 0.2) is 0 Å². The Morgan fingerprint density at radius 1 is 1.47 bits per heavy atom. The van der Waals surface area contributed by atoms with Crippen LogP contribution in [-0.2, 0) is 9.53 Å². The van der Waals surface area contributed by atoms with Crippen molar-refractivity contribution in [3.8, 4) is 5.88 Å². The van der Waals surface area contributed by atoms with Crippen LogP contribution in [0, 0.1) is 0 Å². The van der Waals surface area contributed by atoms with Gasteiger partial charge in [-0.3, -0.25) is 4.79 Å². The van der Waals surface area contributed by atoms with E-state index in [2.05, 4.69) is 15.6 Å². The maximum absolute atomic E-state index is 11.6. The topological polar surface area (TPSA) is 72.5 Å². The summed E-state index contributed by atoms with van der Waals surface area (Å²) in [5.41, 5.74) is 0.776. The molecule has 2 N–H and O–H groups in total. The molecule has 0 saturated heterocycles. The summed E-state index contributed by atoms with van der Waals surface area (Å²) in [6.07, 6.45) is 1.64. The SMILES string of the molecule is CCOc1ccc(NCC(=O)NC(C)COC)cn1. The fourth-order valence-electron chi connectivity index (χ4n) is 1.52. The Hall–Kier alpha value is -1.82. The fraction of sp³-hybridized carbons (Fsp3) is 0.538. The van der Waals surface area contributed by atoms with Gasteiger partial charge in [-0.25, -0.2) is 4.98 Å². The van der Waals surface area contributed by atoms with Crippen LogP contribution in [0.15, 0.2) is 18.3 Å². The van der Waals surface area contributed by atoms with E-state index in [9.17, 15) is 4.79 Å². The van der Waals surface area contributed by atoms with Gasteiger partial charge in [0.05, 0.1) is 31.6 Å². The third kappa shape index (κ3) is 6.05. The molecule has 0 aliphatic carbocycles. The molecule has 1 unspecified atom stereocenters. The highest BCUT2D eigenvalue weighted by atomic mass is 16.5. The summed E-state index contributed by atoms with van der Waals surface area (Å²) in [6, 6.07) is 3.58. The molecule has 0 spiro atoms. The highest BCUT2D eigenvalue weighted by Gasteiger charge is 2.06.